The minimum absolute atomic E-state index is 0.413. The van der Waals surface area contributed by atoms with Crippen molar-refractivity contribution in [2.24, 2.45) is 5.73 Å². The van der Waals surface area contributed by atoms with E-state index >= 15 is 0 Å². The number of hydrogen-bond acceptors (Lipinski definition) is 3. The molecule has 3 nitrogen and oxygen atoms in total. The van der Waals surface area contributed by atoms with E-state index < -0.39 is 6.04 Å². The van der Waals surface area contributed by atoms with E-state index in [9.17, 15) is 0 Å². The molecule has 112 valence electrons. The van der Waals surface area contributed by atoms with Gasteiger partial charge in [-0.05, 0) is 35.4 Å². The maximum Gasteiger partial charge on any atom is 0.161 e. The van der Waals surface area contributed by atoms with Crippen molar-refractivity contribution in [3.05, 3.63) is 56.0 Å². The van der Waals surface area contributed by atoms with Gasteiger partial charge in [0.1, 0.15) is 0 Å². The third-order valence-electron chi connectivity index (χ3n) is 3.14. The topological polar surface area (TPSA) is 44.5 Å². The molecule has 0 fully saturated rings. The standard InChI is InChI=1S/C15H14BrCl2NO2/c1-20-13-6-10(11(16)7-14(13)21-2)15(19)9-4-3-8(17)5-12(9)18/h3-7,15H,19H2,1-2H3. The first-order chi connectivity index (χ1) is 9.97. The third-order valence-corrected chi connectivity index (χ3v) is 4.38. The lowest BCUT2D eigenvalue weighted by molar-refractivity contribution is 0.354. The average molecular weight is 391 g/mol. The van der Waals surface area contributed by atoms with Crippen LogP contribution in [0.4, 0.5) is 0 Å². The van der Waals surface area contributed by atoms with Gasteiger partial charge in [-0.1, -0.05) is 45.2 Å². The highest BCUT2D eigenvalue weighted by Crippen LogP contribution is 2.38. The van der Waals surface area contributed by atoms with Gasteiger partial charge < -0.3 is 15.2 Å². The normalized spacial score (nSPS) is 12.1. The molecule has 6 heteroatoms. The summed E-state index contributed by atoms with van der Waals surface area (Å²) in [4.78, 5) is 0. The molecule has 1 unspecified atom stereocenters. The van der Waals surface area contributed by atoms with Crippen molar-refractivity contribution in [2.75, 3.05) is 14.2 Å². The van der Waals surface area contributed by atoms with Gasteiger partial charge in [0.05, 0.1) is 20.3 Å². The highest BCUT2D eigenvalue weighted by Gasteiger charge is 2.18. The van der Waals surface area contributed by atoms with Crippen LogP contribution in [-0.4, -0.2) is 14.2 Å². The van der Waals surface area contributed by atoms with Gasteiger partial charge in [-0.3, -0.25) is 0 Å². The zero-order chi connectivity index (χ0) is 15.6. The van der Waals surface area contributed by atoms with Crippen LogP contribution in [0, 0.1) is 0 Å². The van der Waals surface area contributed by atoms with E-state index in [0.29, 0.717) is 21.5 Å². The maximum absolute atomic E-state index is 6.33. The number of hydrogen-bond donors (Lipinski definition) is 1. The quantitative estimate of drug-likeness (QED) is 0.813. The molecular weight excluding hydrogens is 377 g/mol. The van der Waals surface area contributed by atoms with Crippen molar-refractivity contribution < 1.29 is 9.47 Å². The molecule has 0 aliphatic heterocycles. The van der Waals surface area contributed by atoms with E-state index in [1.54, 1.807) is 26.4 Å². The van der Waals surface area contributed by atoms with Crippen LogP contribution in [0.1, 0.15) is 17.2 Å². The molecule has 0 aromatic heterocycles. The fraction of sp³-hybridized carbons (Fsp3) is 0.200. The van der Waals surface area contributed by atoms with Gasteiger partial charge in [0.25, 0.3) is 0 Å². The van der Waals surface area contributed by atoms with Crippen molar-refractivity contribution in [2.45, 2.75) is 6.04 Å². The lowest BCUT2D eigenvalue weighted by Gasteiger charge is -2.18. The van der Waals surface area contributed by atoms with E-state index in [1.165, 1.54) is 0 Å². The van der Waals surface area contributed by atoms with Gasteiger partial charge in [-0.15, -0.1) is 0 Å². The maximum atomic E-state index is 6.33. The Morgan fingerprint density at radius 3 is 2.19 bits per heavy atom. The first-order valence-corrected chi connectivity index (χ1v) is 7.64. The van der Waals surface area contributed by atoms with Crippen molar-refractivity contribution in [1.29, 1.82) is 0 Å². The minimum Gasteiger partial charge on any atom is -0.493 e. The minimum atomic E-state index is -0.413. The summed E-state index contributed by atoms with van der Waals surface area (Å²) in [5.74, 6) is 1.23. The number of methoxy groups -OCH3 is 2. The van der Waals surface area contributed by atoms with Crippen LogP contribution in [-0.2, 0) is 0 Å². The lowest BCUT2D eigenvalue weighted by atomic mass is 9.99. The van der Waals surface area contributed by atoms with Crippen molar-refractivity contribution in [3.8, 4) is 11.5 Å². The van der Waals surface area contributed by atoms with Crippen LogP contribution in [0.25, 0.3) is 0 Å². The van der Waals surface area contributed by atoms with Crippen LogP contribution >= 0.6 is 39.1 Å². The average Bonchev–Trinajstić information content (AvgIpc) is 2.46. The second-order valence-corrected chi connectivity index (χ2v) is 6.07. The summed E-state index contributed by atoms with van der Waals surface area (Å²) in [6, 6.07) is 8.49. The van der Waals surface area contributed by atoms with Crippen LogP contribution in [0.15, 0.2) is 34.8 Å². The summed E-state index contributed by atoms with van der Waals surface area (Å²) >= 11 is 15.6. The van der Waals surface area contributed by atoms with E-state index in [1.807, 2.05) is 18.2 Å². The Morgan fingerprint density at radius 2 is 1.62 bits per heavy atom. The van der Waals surface area contributed by atoms with Crippen LogP contribution < -0.4 is 15.2 Å². The molecule has 2 N–H and O–H groups in total. The Balaban J connectivity index is 2.50. The SMILES string of the molecule is COc1cc(Br)c(C(N)c2ccc(Cl)cc2Cl)cc1OC. The van der Waals surface area contributed by atoms with Crippen LogP contribution in [0.3, 0.4) is 0 Å². The third kappa shape index (κ3) is 3.46. The van der Waals surface area contributed by atoms with Gasteiger partial charge in [-0.25, -0.2) is 0 Å². The van der Waals surface area contributed by atoms with E-state index in [0.717, 1.165) is 15.6 Å². The van der Waals surface area contributed by atoms with E-state index in [-0.39, 0.29) is 0 Å². The van der Waals surface area contributed by atoms with E-state index in [4.69, 9.17) is 38.4 Å². The molecule has 2 rings (SSSR count). The fourth-order valence-corrected chi connectivity index (χ4v) is 3.12. The largest absolute Gasteiger partial charge is 0.493 e. The van der Waals surface area contributed by atoms with Gasteiger partial charge in [0.2, 0.25) is 0 Å². The summed E-state index contributed by atoms with van der Waals surface area (Å²) in [7, 11) is 3.16. The Hall–Kier alpha value is -0.940. The van der Waals surface area contributed by atoms with Crippen LogP contribution in [0.5, 0.6) is 11.5 Å². The second-order valence-electron chi connectivity index (χ2n) is 4.37. The van der Waals surface area contributed by atoms with Crippen molar-refractivity contribution in [1.82, 2.24) is 0 Å². The molecule has 0 bridgehead atoms. The lowest BCUT2D eigenvalue weighted by Crippen LogP contribution is -2.13. The Bertz CT molecular complexity index is 664. The number of halogens is 3. The highest BCUT2D eigenvalue weighted by molar-refractivity contribution is 9.10. The van der Waals surface area contributed by atoms with Crippen molar-refractivity contribution in [3.63, 3.8) is 0 Å². The van der Waals surface area contributed by atoms with Gasteiger partial charge in [0.15, 0.2) is 11.5 Å². The van der Waals surface area contributed by atoms with Crippen molar-refractivity contribution >= 4 is 39.1 Å². The molecule has 2 aromatic rings. The molecule has 2 aromatic carbocycles. The number of ether oxygens (including phenoxy) is 2. The Morgan fingerprint density at radius 1 is 1.00 bits per heavy atom. The van der Waals surface area contributed by atoms with Gasteiger partial charge in [0, 0.05) is 14.5 Å². The summed E-state index contributed by atoms with van der Waals surface area (Å²) < 4.78 is 11.4. The first kappa shape index (κ1) is 16.4. The van der Waals surface area contributed by atoms with Crippen LogP contribution in [0.2, 0.25) is 10.0 Å². The molecule has 0 aliphatic carbocycles. The summed E-state index contributed by atoms with van der Waals surface area (Å²) in [5.41, 5.74) is 7.96. The fourth-order valence-electron chi connectivity index (χ4n) is 2.03. The molecule has 0 saturated heterocycles. The summed E-state index contributed by atoms with van der Waals surface area (Å²) in [6.07, 6.45) is 0. The molecule has 0 amide bonds. The molecule has 0 spiro atoms. The Kier molecular flexibility index (Phi) is 5.38. The zero-order valence-electron chi connectivity index (χ0n) is 11.5. The molecule has 21 heavy (non-hydrogen) atoms. The second kappa shape index (κ2) is 6.88. The number of rotatable bonds is 4. The summed E-state index contributed by atoms with van der Waals surface area (Å²) in [6.45, 7) is 0. The highest BCUT2D eigenvalue weighted by atomic mass is 79.9. The molecule has 0 heterocycles. The smallest absolute Gasteiger partial charge is 0.161 e. The first-order valence-electron chi connectivity index (χ1n) is 6.10. The van der Waals surface area contributed by atoms with Gasteiger partial charge >= 0.3 is 0 Å². The monoisotopic (exact) mass is 389 g/mol. The Labute approximate surface area is 142 Å². The molecule has 0 saturated carbocycles. The molecule has 0 radical (unpaired) electrons. The predicted molar refractivity (Wildman–Crippen MR) is 89.7 cm³/mol. The number of nitrogens with two attached hydrogens (primary N) is 1. The summed E-state index contributed by atoms with van der Waals surface area (Å²) in [5, 5.41) is 1.10. The van der Waals surface area contributed by atoms with Gasteiger partial charge in [-0.2, -0.15) is 0 Å². The van der Waals surface area contributed by atoms with E-state index in [2.05, 4.69) is 15.9 Å². The predicted octanol–water partition coefficient (Wildman–Crippen LogP) is 4.82. The molecular formula is C15H14BrCl2NO2. The molecule has 0 aliphatic rings. The number of benzene rings is 2. The zero-order valence-corrected chi connectivity index (χ0v) is 14.6. The molecule has 1 atom stereocenters.